The van der Waals surface area contributed by atoms with Gasteiger partial charge in [0.1, 0.15) is 6.61 Å². The molecule has 2 rings (SSSR count). The van der Waals surface area contributed by atoms with Crippen LogP contribution >= 0.6 is 11.3 Å². The van der Waals surface area contributed by atoms with Gasteiger partial charge in [-0.3, -0.25) is 0 Å². The van der Waals surface area contributed by atoms with E-state index in [0.717, 1.165) is 10.8 Å². The summed E-state index contributed by atoms with van der Waals surface area (Å²) in [5, 5.41) is 0.757. The van der Waals surface area contributed by atoms with Crippen molar-refractivity contribution < 1.29 is 9.47 Å². The Morgan fingerprint density at radius 2 is 1.95 bits per heavy atom. The predicted molar refractivity (Wildman–Crippen MR) is 84.7 cm³/mol. The van der Waals surface area contributed by atoms with E-state index < -0.39 is 0 Å². The van der Waals surface area contributed by atoms with Gasteiger partial charge < -0.3 is 9.47 Å². The largest absolute Gasteiger partial charge is 0.492 e. The van der Waals surface area contributed by atoms with Gasteiger partial charge >= 0.3 is 0 Å². The maximum absolute atomic E-state index is 5.63. The first kappa shape index (κ1) is 14.5. The van der Waals surface area contributed by atoms with Crippen molar-refractivity contribution in [1.29, 1.82) is 0 Å². The SMILES string of the molecule is C#CCOc1sc(-c2ccccc2)c(C(C)C)c1OC. The molecule has 0 saturated heterocycles. The van der Waals surface area contributed by atoms with Crippen LogP contribution in [0.2, 0.25) is 0 Å². The quantitative estimate of drug-likeness (QED) is 0.750. The van der Waals surface area contributed by atoms with E-state index in [1.807, 2.05) is 18.2 Å². The van der Waals surface area contributed by atoms with Crippen LogP contribution in [0.3, 0.4) is 0 Å². The van der Waals surface area contributed by atoms with Gasteiger partial charge in [0.25, 0.3) is 0 Å². The lowest BCUT2D eigenvalue weighted by Crippen LogP contribution is -1.96. The fourth-order valence-corrected chi connectivity index (χ4v) is 3.41. The molecule has 1 aromatic carbocycles. The van der Waals surface area contributed by atoms with Crippen molar-refractivity contribution in [2.75, 3.05) is 13.7 Å². The van der Waals surface area contributed by atoms with Crippen molar-refractivity contribution in [3.8, 4) is 33.6 Å². The summed E-state index contributed by atoms with van der Waals surface area (Å²) in [4.78, 5) is 1.18. The number of benzene rings is 1. The monoisotopic (exact) mass is 286 g/mol. The van der Waals surface area contributed by atoms with Gasteiger partial charge in [0.05, 0.1) is 7.11 Å². The first-order chi connectivity index (χ1) is 9.69. The van der Waals surface area contributed by atoms with Crippen molar-refractivity contribution >= 4 is 11.3 Å². The van der Waals surface area contributed by atoms with E-state index in [4.69, 9.17) is 15.9 Å². The standard InChI is InChI=1S/C17H18O2S/c1-5-11-19-17-15(18-4)14(12(2)3)16(20-17)13-9-7-6-8-10-13/h1,6-10,12H,11H2,2-4H3. The lowest BCUT2D eigenvalue weighted by Gasteiger charge is -2.10. The Bertz CT molecular complexity index is 606. The van der Waals surface area contributed by atoms with Gasteiger partial charge in [-0.1, -0.05) is 61.4 Å². The number of thiophene rings is 1. The van der Waals surface area contributed by atoms with E-state index in [9.17, 15) is 0 Å². The summed E-state index contributed by atoms with van der Waals surface area (Å²) in [5.41, 5.74) is 2.35. The number of terminal acetylenes is 1. The number of hydrogen-bond acceptors (Lipinski definition) is 3. The second-order valence-corrected chi connectivity index (χ2v) is 5.66. The van der Waals surface area contributed by atoms with Crippen molar-refractivity contribution in [3.05, 3.63) is 35.9 Å². The first-order valence-electron chi connectivity index (χ1n) is 6.51. The Labute approximate surface area is 124 Å². The third-order valence-corrected chi connectivity index (χ3v) is 4.12. The summed E-state index contributed by atoms with van der Waals surface area (Å²) < 4.78 is 11.2. The highest BCUT2D eigenvalue weighted by molar-refractivity contribution is 7.18. The molecule has 0 radical (unpaired) electrons. The van der Waals surface area contributed by atoms with Crippen LogP contribution in [0.15, 0.2) is 30.3 Å². The molecule has 104 valence electrons. The van der Waals surface area contributed by atoms with Gasteiger partial charge in [-0.2, -0.15) is 0 Å². The fourth-order valence-electron chi connectivity index (χ4n) is 2.13. The summed E-state index contributed by atoms with van der Waals surface area (Å²) in [6.45, 7) is 4.56. The molecule has 2 nitrogen and oxygen atoms in total. The molecule has 1 heterocycles. The minimum Gasteiger partial charge on any atom is -0.492 e. The molecule has 0 unspecified atom stereocenters. The molecule has 2 aromatic rings. The number of ether oxygens (including phenoxy) is 2. The van der Waals surface area contributed by atoms with Crippen LogP contribution in [0.1, 0.15) is 25.3 Å². The van der Waals surface area contributed by atoms with E-state index >= 15 is 0 Å². The highest BCUT2D eigenvalue weighted by Crippen LogP contribution is 2.50. The van der Waals surface area contributed by atoms with Crippen molar-refractivity contribution in [2.24, 2.45) is 0 Å². The lowest BCUT2D eigenvalue weighted by atomic mass is 9.99. The highest BCUT2D eigenvalue weighted by Gasteiger charge is 2.23. The van der Waals surface area contributed by atoms with Crippen LogP contribution in [0.5, 0.6) is 10.8 Å². The number of methoxy groups -OCH3 is 1. The second kappa shape index (κ2) is 6.49. The van der Waals surface area contributed by atoms with E-state index in [-0.39, 0.29) is 6.61 Å². The zero-order chi connectivity index (χ0) is 14.5. The van der Waals surface area contributed by atoms with Crippen LogP contribution in [-0.2, 0) is 0 Å². The van der Waals surface area contributed by atoms with Gasteiger partial charge in [-0.25, -0.2) is 0 Å². The Morgan fingerprint density at radius 3 is 2.50 bits per heavy atom. The van der Waals surface area contributed by atoms with Crippen LogP contribution in [0.25, 0.3) is 10.4 Å². The lowest BCUT2D eigenvalue weighted by molar-refractivity contribution is 0.338. The van der Waals surface area contributed by atoms with Crippen LogP contribution < -0.4 is 9.47 Å². The summed E-state index contributed by atoms with van der Waals surface area (Å²) in [6, 6.07) is 10.3. The predicted octanol–water partition coefficient (Wildman–Crippen LogP) is 4.56. The van der Waals surface area contributed by atoms with Crippen molar-refractivity contribution in [2.45, 2.75) is 19.8 Å². The fraction of sp³-hybridized carbons (Fsp3) is 0.294. The van der Waals surface area contributed by atoms with E-state index in [0.29, 0.717) is 5.92 Å². The zero-order valence-electron chi connectivity index (χ0n) is 12.0. The van der Waals surface area contributed by atoms with Crippen LogP contribution in [-0.4, -0.2) is 13.7 Å². The molecule has 3 heteroatoms. The Hall–Kier alpha value is -1.92. The first-order valence-corrected chi connectivity index (χ1v) is 7.33. The minimum atomic E-state index is 0.253. The van der Waals surface area contributed by atoms with Gasteiger partial charge in [0.15, 0.2) is 5.75 Å². The molecule has 1 aromatic heterocycles. The van der Waals surface area contributed by atoms with Gasteiger partial charge in [0.2, 0.25) is 5.06 Å². The maximum Gasteiger partial charge on any atom is 0.218 e. The third kappa shape index (κ3) is 2.81. The van der Waals surface area contributed by atoms with Crippen LogP contribution in [0, 0.1) is 12.3 Å². The minimum absolute atomic E-state index is 0.253. The summed E-state index contributed by atoms with van der Waals surface area (Å²) in [5.74, 6) is 3.65. The maximum atomic E-state index is 5.63. The summed E-state index contributed by atoms with van der Waals surface area (Å²) >= 11 is 1.59. The average molecular weight is 286 g/mol. The van der Waals surface area contributed by atoms with E-state index in [1.165, 1.54) is 16.0 Å². The summed E-state index contributed by atoms with van der Waals surface area (Å²) in [7, 11) is 1.67. The molecule has 0 spiro atoms. The molecular weight excluding hydrogens is 268 g/mol. The topological polar surface area (TPSA) is 18.5 Å². The normalized spacial score (nSPS) is 10.3. The van der Waals surface area contributed by atoms with Gasteiger partial charge in [0, 0.05) is 10.4 Å². The Morgan fingerprint density at radius 1 is 1.25 bits per heavy atom. The molecule has 0 saturated carbocycles. The smallest absolute Gasteiger partial charge is 0.218 e. The molecule has 0 N–H and O–H groups in total. The molecule has 0 aliphatic heterocycles. The van der Waals surface area contributed by atoms with E-state index in [2.05, 4.69) is 31.9 Å². The average Bonchev–Trinajstić information content (AvgIpc) is 2.84. The Kier molecular flexibility index (Phi) is 4.70. The molecular formula is C17H18O2S. The molecule has 0 aliphatic carbocycles. The number of hydrogen-bond donors (Lipinski definition) is 0. The summed E-state index contributed by atoms with van der Waals surface area (Å²) in [6.07, 6.45) is 5.27. The second-order valence-electron chi connectivity index (χ2n) is 4.68. The van der Waals surface area contributed by atoms with Gasteiger partial charge in [-0.15, -0.1) is 6.42 Å². The molecule has 0 atom stereocenters. The van der Waals surface area contributed by atoms with Gasteiger partial charge in [-0.05, 0) is 11.5 Å². The van der Waals surface area contributed by atoms with Crippen LogP contribution in [0.4, 0.5) is 0 Å². The zero-order valence-corrected chi connectivity index (χ0v) is 12.8. The highest BCUT2D eigenvalue weighted by atomic mass is 32.1. The third-order valence-electron chi connectivity index (χ3n) is 2.97. The number of rotatable bonds is 5. The van der Waals surface area contributed by atoms with Crippen molar-refractivity contribution in [1.82, 2.24) is 0 Å². The molecule has 0 fully saturated rings. The molecule has 20 heavy (non-hydrogen) atoms. The molecule has 0 amide bonds. The molecule has 0 bridgehead atoms. The van der Waals surface area contributed by atoms with Crippen molar-refractivity contribution in [3.63, 3.8) is 0 Å². The molecule has 0 aliphatic rings. The Balaban J connectivity index is 2.56. The van der Waals surface area contributed by atoms with E-state index in [1.54, 1.807) is 18.4 Å².